The second kappa shape index (κ2) is 15.5. The summed E-state index contributed by atoms with van der Waals surface area (Å²) in [5.41, 5.74) is -0.512. The second-order valence-electron chi connectivity index (χ2n) is 11.3. The maximum atomic E-state index is 14.0. The van der Waals surface area contributed by atoms with Gasteiger partial charge in [0, 0.05) is 31.4 Å². The highest BCUT2D eigenvalue weighted by atomic mass is 32.1. The molecular weight excluding hydrogens is 546 g/mol. The molecule has 0 bridgehead atoms. The molecule has 1 aromatic rings. The molecule has 11 nitrogen and oxygen atoms in total. The highest BCUT2D eigenvalue weighted by molar-refractivity contribution is 7.09. The van der Waals surface area contributed by atoms with Gasteiger partial charge in [0.25, 0.3) is 0 Å². The summed E-state index contributed by atoms with van der Waals surface area (Å²) in [5, 5.41) is 7.74. The minimum Gasteiger partial charge on any atom is -0.461 e. The number of esters is 1. The number of carbonyl (C=O) groups is 4. The first-order chi connectivity index (χ1) is 19.3. The normalized spacial score (nSPS) is 20.1. The van der Waals surface area contributed by atoms with Crippen molar-refractivity contribution in [3.8, 4) is 0 Å². The van der Waals surface area contributed by atoms with Gasteiger partial charge in [-0.2, -0.15) is 0 Å². The molecule has 1 aliphatic rings. The summed E-state index contributed by atoms with van der Waals surface area (Å²) in [4.78, 5) is 60.3. The second-order valence-corrected chi connectivity index (χ2v) is 12.2. The Hall–Kier alpha value is -2.73. The van der Waals surface area contributed by atoms with Crippen LogP contribution in [0.5, 0.6) is 0 Å². The van der Waals surface area contributed by atoms with Crippen molar-refractivity contribution in [1.29, 1.82) is 0 Å². The lowest BCUT2D eigenvalue weighted by Gasteiger charge is -2.38. The van der Waals surface area contributed by atoms with E-state index in [0.717, 1.165) is 19.4 Å². The molecule has 3 amide bonds. The van der Waals surface area contributed by atoms with Crippen LogP contribution in [-0.4, -0.2) is 90.1 Å². The van der Waals surface area contributed by atoms with Crippen LogP contribution in [0.3, 0.4) is 0 Å². The SMILES string of the molecule is CCNC(=O)O[C@H](C[C@H](C(C)C)N(C)C(=O)[C@@H](NC(=O)[C@@]1(C)CCCN1C)[C@@H](C)CC)c1nc(C(=O)OCC)cs1. The lowest BCUT2D eigenvalue weighted by atomic mass is 9.91. The van der Waals surface area contributed by atoms with E-state index in [0.29, 0.717) is 18.0 Å². The summed E-state index contributed by atoms with van der Waals surface area (Å²) in [6.45, 7) is 14.8. The predicted octanol–water partition coefficient (Wildman–Crippen LogP) is 4.00. The van der Waals surface area contributed by atoms with Gasteiger partial charge in [0.1, 0.15) is 11.0 Å². The summed E-state index contributed by atoms with van der Waals surface area (Å²) in [6, 6.07) is -1.06. The van der Waals surface area contributed by atoms with Crippen LogP contribution in [0.4, 0.5) is 4.79 Å². The smallest absolute Gasteiger partial charge is 0.407 e. The van der Waals surface area contributed by atoms with Gasteiger partial charge in [0.15, 0.2) is 11.8 Å². The molecule has 0 radical (unpaired) electrons. The number of ether oxygens (including phenoxy) is 2. The lowest BCUT2D eigenvalue weighted by Crippen LogP contribution is -2.60. The van der Waals surface area contributed by atoms with Gasteiger partial charge < -0.3 is 25.0 Å². The van der Waals surface area contributed by atoms with Gasteiger partial charge in [-0.15, -0.1) is 11.3 Å². The Morgan fingerprint density at radius 2 is 1.88 bits per heavy atom. The van der Waals surface area contributed by atoms with E-state index in [1.54, 1.807) is 31.2 Å². The van der Waals surface area contributed by atoms with E-state index in [-0.39, 0.29) is 48.4 Å². The van der Waals surface area contributed by atoms with Crippen molar-refractivity contribution in [2.45, 2.75) is 97.9 Å². The monoisotopic (exact) mass is 595 g/mol. The Morgan fingerprint density at radius 3 is 2.41 bits per heavy atom. The molecule has 0 aromatic carbocycles. The molecule has 2 N–H and O–H groups in total. The average Bonchev–Trinajstić information content (AvgIpc) is 3.56. The summed E-state index contributed by atoms with van der Waals surface area (Å²) in [6.07, 6.45) is 1.22. The van der Waals surface area contributed by atoms with Crippen LogP contribution in [0.25, 0.3) is 0 Å². The van der Waals surface area contributed by atoms with E-state index in [9.17, 15) is 19.2 Å². The van der Waals surface area contributed by atoms with Crippen molar-refractivity contribution in [3.05, 3.63) is 16.1 Å². The number of hydrogen-bond donors (Lipinski definition) is 2. The van der Waals surface area contributed by atoms with E-state index in [1.165, 1.54) is 11.3 Å². The van der Waals surface area contributed by atoms with Gasteiger partial charge in [-0.1, -0.05) is 34.1 Å². The number of carbonyl (C=O) groups excluding carboxylic acids is 4. The fourth-order valence-corrected chi connectivity index (χ4v) is 5.92. The van der Waals surface area contributed by atoms with Gasteiger partial charge in [0.05, 0.1) is 12.1 Å². The molecule has 2 rings (SSSR count). The van der Waals surface area contributed by atoms with E-state index in [2.05, 4.69) is 15.6 Å². The molecule has 1 aliphatic heterocycles. The quantitative estimate of drug-likeness (QED) is 0.309. The van der Waals surface area contributed by atoms with E-state index in [4.69, 9.17) is 9.47 Å². The first-order valence-electron chi connectivity index (χ1n) is 14.7. The fourth-order valence-electron chi connectivity index (χ4n) is 5.09. The molecule has 1 aromatic heterocycles. The minimum absolute atomic E-state index is 0.0134. The standard InChI is InChI=1S/C29H49N5O6S/c1-10-19(6)23(32-27(37)29(7)14-13-15-33(29)8)25(35)34(9)21(18(4)5)16-22(40-28(38)30-11-2)24-31-20(17-41-24)26(36)39-12-3/h17-19,21-23H,10-16H2,1-9H3,(H,30,38)(H,32,37)/t19-,21+,22+,23-,29+/m0/s1. The van der Waals surface area contributed by atoms with Crippen molar-refractivity contribution < 1.29 is 28.7 Å². The van der Waals surface area contributed by atoms with Crippen molar-refractivity contribution >= 4 is 35.2 Å². The molecule has 232 valence electrons. The van der Waals surface area contributed by atoms with Gasteiger partial charge in [-0.25, -0.2) is 14.6 Å². The van der Waals surface area contributed by atoms with Gasteiger partial charge in [-0.3, -0.25) is 14.5 Å². The molecule has 1 fully saturated rings. The van der Waals surface area contributed by atoms with Gasteiger partial charge >= 0.3 is 12.1 Å². The number of alkyl carbamates (subject to hydrolysis) is 1. The third-order valence-electron chi connectivity index (χ3n) is 8.18. The number of amides is 3. The molecule has 41 heavy (non-hydrogen) atoms. The van der Waals surface area contributed by atoms with E-state index < -0.39 is 29.7 Å². The number of aromatic nitrogens is 1. The topological polar surface area (TPSA) is 130 Å². The number of hydrogen-bond acceptors (Lipinski definition) is 9. The van der Waals surface area contributed by atoms with Crippen molar-refractivity contribution in [1.82, 2.24) is 25.4 Å². The Bertz CT molecular complexity index is 1050. The van der Waals surface area contributed by atoms with Crippen LogP contribution < -0.4 is 10.6 Å². The van der Waals surface area contributed by atoms with Crippen LogP contribution in [-0.2, 0) is 19.1 Å². The zero-order chi connectivity index (χ0) is 30.9. The molecule has 1 saturated heterocycles. The lowest BCUT2D eigenvalue weighted by molar-refractivity contribution is -0.142. The zero-order valence-corrected chi connectivity index (χ0v) is 26.9. The average molecular weight is 596 g/mol. The number of rotatable bonds is 14. The molecule has 0 spiro atoms. The summed E-state index contributed by atoms with van der Waals surface area (Å²) >= 11 is 1.20. The highest BCUT2D eigenvalue weighted by Gasteiger charge is 2.44. The third kappa shape index (κ3) is 8.64. The van der Waals surface area contributed by atoms with Crippen LogP contribution in [0, 0.1) is 11.8 Å². The first-order valence-corrected chi connectivity index (χ1v) is 15.5. The third-order valence-corrected chi connectivity index (χ3v) is 9.11. The van der Waals surface area contributed by atoms with Crippen LogP contribution in [0.2, 0.25) is 0 Å². The van der Waals surface area contributed by atoms with Crippen molar-refractivity contribution in [2.24, 2.45) is 11.8 Å². The number of nitrogens with zero attached hydrogens (tertiary/aromatic N) is 3. The van der Waals surface area contributed by atoms with Crippen molar-refractivity contribution in [3.63, 3.8) is 0 Å². The maximum Gasteiger partial charge on any atom is 0.407 e. The number of nitrogens with one attached hydrogen (secondary N) is 2. The first kappa shape index (κ1) is 34.5. The molecule has 12 heteroatoms. The Morgan fingerprint density at radius 1 is 1.20 bits per heavy atom. The number of likely N-dealkylation sites (tertiary alicyclic amines) is 1. The highest BCUT2D eigenvalue weighted by Crippen LogP contribution is 2.32. The molecule has 2 heterocycles. The van der Waals surface area contributed by atoms with Gasteiger partial charge in [0.2, 0.25) is 11.8 Å². The Labute approximate surface area is 248 Å². The Balaban J connectivity index is 2.34. The molecule has 0 unspecified atom stereocenters. The van der Waals surface area contributed by atoms with E-state index >= 15 is 0 Å². The largest absolute Gasteiger partial charge is 0.461 e. The number of thiazole rings is 1. The van der Waals surface area contributed by atoms with Crippen LogP contribution in [0.15, 0.2) is 5.38 Å². The fraction of sp³-hybridized carbons (Fsp3) is 0.759. The summed E-state index contributed by atoms with van der Waals surface area (Å²) in [5.74, 6) is -0.990. The molecule has 0 aliphatic carbocycles. The van der Waals surface area contributed by atoms with Crippen LogP contribution in [0.1, 0.15) is 95.7 Å². The minimum atomic E-state index is -0.805. The van der Waals surface area contributed by atoms with Crippen molar-refractivity contribution in [2.75, 3.05) is 33.8 Å². The summed E-state index contributed by atoms with van der Waals surface area (Å²) < 4.78 is 10.8. The predicted molar refractivity (Wildman–Crippen MR) is 159 cm³/mol. The Kier molecular flexibility index (Phi) is 13.0. The molecular formula is C29H49N5O6S. The van der Waals surface area contributed by atoms with E-state index in [1.807, 2.05) is 46.6 Å². The zero-order valence-electron chi connectivity index (χ0n) is 26.1. The molecule has 5 atom stereocenters. The molecule has 0 saturated carbocycles. The number of likely N-dealkylation sites (N-methyl/N-ethyl adjacent to an activating group) is 2. The van der Waals surface area contributed by atoms with Gasteiger partial charge in [-0.05, 0) is 59.0 Å². The van der Waals surface area contributed by atoms with Crippen LogP contribution >= 0.6 is 11.3 Å². The summed E-state index contributed by atoms with van der Waals surface area (Å²) in [7, 11) is 3.67. The maximum absolute atomic E-state index is 14.0.